The maximum absolute atomic E-state index is 13.0. The zero-order chi connectivity index (χ0) is 18.9. The van der Waals surface area contributed by atoms with E-state index in [4.69, 9.17) is 5.11 Å². The van der Waals surface area contributed by atoms with Crippen LogP contribution >= 0.6 is 0 Å². The number of hydrogen-bond donors (Lipinski definition) is 2. The number of amides is 2. The minimum Gasteiger partial charge on any atom is -0.481 e. The number of likely N-dealkylation sites (tertiary alicyclic amines) is 1. The molecule has 0 bridgehead atoms. The van der Waals surface area contributed by atoms with Crippen LogP contribution in [0.25, 0.3) is 0 Å². The number of carbonyl (C=O) groups is 2. The van der Waals surface area contributed by atoms with Gasteiger partial charge in [-0.2, -0.15) is 13.2 Å². The lowest BCUT2D eigenvalue weighted by Gasteiger charge is -2.22. The second-order valence-corrected chi connectivity index (χ2v) is 6.57. The molecule has 2 aliphatic heterocycles. The molecular weight excluding hydrogens is 353 g/mol. The Morgan fingerprint density at radius 3 is 2.58 bits per heavy atom. The van der Waals surface area contributed by atoms with Crippen LogP contribution in [0, 0.1) is 11.8 Å². The summed E-state index contributed by atoms with van der Waals surface area (Å²) in [6, 6.07) is 4.61. The fourth-order valence-electron chi connectivity index (χ4n) is 3.44. The van der Waals surface area contributed by atoms with Crippen LogP contribution in [0.4, 0.5) is 23.8 Å². The molecule has 2 N–H and O–H groups in total. The number of anilines is 1. The SMILES string of the molecule is O=C(O)[C@@H]1CN(C(=O)NC2CCN(c3ccccn3)C2)C[C@H]1C(F)(F)F. The molecule has 7 nitrogen and oxygen atoms in total. The molecule has 1 unspecified atom stereocenters. The normalized spacial score (nSPS) is 26.2. The fourth-order valence-corrected chi connectivity index (χ4v) is 3.44. The Kier molecular flexibility index (Phi) is 4.92. The number of halogens is 3. The summed E-state index contributed by atoms with van der Waals surface area (Å²) >= 11 is 0. The zero-order valence-corrected chi connectivity index (χ0v) is 13.8. The number of aromatic nitrogens is 1. The van der Waals surface area contributed by atoms with Crippen molar-refractivity contribution in [3.63, 3.8) is 0 Å². The lowest BCUT2D eigenvalue weighted by molar-refractivity contribution is -0.187. The van der Waals surface area contributed by atoms with Gasteiger partial charge in [0.05, 0.1) is 11.8 Å². The quantitative estimate of drug-likeness (QED) is 0.841. The highest BCUT2D eigenvalue weighted by Gasteiger charge is 2.53. The Balaban J connectivity index is 1.58. The summed E-state index contributed by atoms with van der Waals surface area (Å²) < 4.78 is 39.0. The van der Waals surface area contributed by atoms with Crippen molar-refractivity contribution >= 4 is 17.8 Å². The number of rotatable bonds is 3. The van der Waals surface area contributed by atoms with E-state index >= 15 is 0 Å². The molecule has 1 aromatic rings. The van der Waals surface area contributed by atoms with Gasteiger partial charge in [0.25, 0.3) is 0 Å². The van der Waals surface area contributed by atoms with E-state index in [0.29, 0.717) is 19.5 Å². The smallest absolute Gasteiger partial charge is 0.394 e. The maximum atomic E-state index is 13.0. The average Bonchev–Trinajstić information content (AvgIpc) is 3.22. The predicted octanol–water partition coefficient (Wildman–Crippen LogP) is 1.56. The second kappa shape index (κ2) is 7.00. The van der Waals surface area contributed by atoms with Gasteiger partial charge in [-0.25, -0.2) is 9.78 Å². The van der Waals surface area contributed by atoms with Crippen LogP contribution in [0.1, 0.15) is 6.42 Å². The van der Waals surface area contributed by atoms with E-state index in [2.05, 4.69) is 10.3 Å². The number of hydrogen-bond acceptors (Lipinski definition) is 4. The van der Waals surface area contributed by atoms with Crippen molar-refractivity contribution in [2.75, 3.05) is 31.1 Å². The molecule has 0 spiro atoms. The van der Waals surface area contributed by atoms with E-state index in [9.17, 15) is 22.8 Å². The van der Waals surface area contributed by atoms with Crippen LogP contribution in [0.2, 0.25) is 0 Å². The number of carboxylic acids is 1. The molecule has 0 aliphatic carbocycles. The molecule has 142 valence electrons. The molecule has 3 rings (SSSR count). The Labute approximate surface area is 147 Å². The fraction of sp³-hybridized carbons (Fsp3) is 0.562. The summed E-state index contributed by atoms with van der Waals surface area (Å²) in [5, 5.41) is 11.7. The van der Waals surface area contributed by atoms with Crippen molar-refractivity contribution in [2.45, 2.75) is 18.6 Å². The van der Waals surface area contributed by atoms with Crippen molar-refractivity contribution < 1.29 is 27.9 Å². The number of urea groups is 1. The molecule has 10 heteroatoms. The van der Waals surface area contributed by atoms with E-state index in [0.717, 1.165) is 10.7 Å². The largest absolute Gasteiger partial charge is 0.481 e. The molecule has 3 atom stereocenters. The van der Waals surface area contributed by atoms with Crippen molar-refractivity contribution in [1.82, 2.24) is 15.2 Å². The number of carbonyl (C=O) groups excluding carboxylic acids is 1. The number of nitrogens with one attached hydrogen (secondary N) is 1. The third kappa shape index (κ3) is 3.83. The standard InChI is InChI=1S/C16H19F3N4O3/c17-16(18,19)12-9-23(8-11(12)14(24)25)15(26)21-10-4-6-22(7-10)13-3-1-2-5-20-13/h1-3,5,10-12H,4,6-9H2,(H,21,26)(H,24,25)/t10?,11-,12-/m1/s1. The minimum atomic E-state index is -4.65. The van der Waals surface area contributed by atoms with Crippen molar-refractivity contribution in [3.05, 3.63) is 24.4 Å². The first-order valence-corrected chi connectivity index (χ1v) is 8.26. The lowest BCUT2D eigenvalue weighted by Crippen LogP contribution is -2.45. The van der Waals surface area contributed by atoms with Crippen LogP contribution in [-0.2, 0) is 4.79 Å². The summed E-state index contributed by atoms with van der Waals surface area (Å²) in [6.45, 7) is 0.0948. The zero-order valence-electron chi connectivity index (χ0n) is 13.8. The summed E-state index contributed by atoms with van der Waals surface area (Å²) in [6.07, 6.45) is -2.35. The summed E-state index contributed by atoms with van der Waals surface area (Å²) in [4.78, 5) is 30.6. The van der Waals surface area contributed by atoms with Gasteiger partial charge >= 0.3 is 18.2 Å². The molecular formula is C16H19F3N4O3. The molecule has 3 heterocycles. The van der Waals surface area contributed by atoms with Gasteiger partial charge in [-0.3, -0.25) is 4.79 Å². The van der Waals surface area contributed by atoms with E-state index < -0.39 is 43.1 Å². The Morgan fingerprint density at radius 1 is 1.23 bits per heavy atom. The highest BCUT2D eigenvalue weighted by molar-refractivity contribution is 5.78. The number of pyridine rings is 1. The van der Waals surface area contributed by atoms with E-state index in [-0.39, 0.29) is 6.04 Å². The van der Waals surface area contributed by atoms with Gasteiger partial charge in [0.2, 0.25) is 0 Å². The van der Waals surface area contributed by atoms with Crippen molar-refractivity contribution in [2.24, 2.45) is 11.8 Å². The minimum absolute atomic E-state index is 0.224. The van der Waals surface area contributed by atoms with Crippen LogP contribution in [-0.4, -0.2) is 65.4 Å². The van der Waals surface area contributed by atoms with Gasteiger partial charge in [0.15, 0.2) is 0 Å². The third-order valence-corrected chi connectivity index (χ3v) is 4.83. The van der Waals surface area contributed by atoms with Gasteiger partial charge in [-0.05, 0) is 18.6 Å². The summed E-state index contributed by atoms with van der Waals surface area (Å²) in [5.41, 5.74) is 0. The average molecular weight is 372 g/mol. The van der Waals surface area contributed by atoms with Crippen molar-refractivity contribution in [1.29, 1.82) is 0 Å². The summed E-state index contributed by atoms with van der Waals surface area (Å²) in [7, 11) is 0. The van der Waals surface area contributed by atoms with E-state index in [1.54, 1.807) is 12.3 Å². The van der Waals surface area contributed by atoms with Crippen LogP contribution in [0.3, 0.4) is 0 Å². The van der Waals surface area contributed by atoms with Gasteiger partial charge < -0.3 is 20.2 Å². The van der Waals surface area contributed by atoms with Crippen LogP contribution in [0.15, 0.2) is 24.4 Å². The molecule has 0 radical (unpaired) electrons. The second-order valence-electron chi connectivity index (χ2n) is 6.57. The number of aliphatic carboxylic acids is 1. The molecule has 26 heavy (non-hydrogen) atoms. The molecule has 2 aliphatic rings. The predicted molar refractivity (Wildman–Crippen MR) is 85.6 cm³/mol. The monoisotopic (exact) mass is 372 g/mol. The summed E-state index contributed by atoms with van der Waals surface area (Å²) in [5.74, 6) is -4.44. The molecule has 0 aromatic carbocycles. The third-order valence-electron chi connectivity index (χ3n) is 4.83. The first-order valence-electron chi connectivity index (χ1n) is 8.26. The Bertz CT molecular complexity index is 670. The maximum Gasteiger partial charge on any atom is 0.394 e. The highest BCUT2D eigenvalue weighted by Crippen LogP contribution is 2.37. The molecule has 0 saturated carbocycles. The van der Waals surface area contributed by atoms with Gasteiger partial charge in [0, 0.05) is 38.4 Å². The van der Waals surface area contributed by atoms with Crippen LogP contribution < -0.4 is 10.2 Å². The van der Waals surface area contributed by atoms with Gasteiger partial charge in [-0.1, -0.05) is 6.07 Å². The van der Waals surface area contributed by atoms with Crippen molar-refractivity contribution in [3.8, 4) is 0 Å². The van der Waals surface area contributed by atoms with E-state index in [1.807, 2.05) is 17.0 Å². The topological polar surface area (TPSA) is 85.8 Å². The van der Waals surface area contributed by atoms with Gasteiger partial charge in [-0.15, -0.1) is 0 Å². The van der Waals surface area contributed by atoms with Crippen LogP contribution in [0.5, 0.6) is 0 Å². The molecule has 2 amide bonds. The number of carboxylic acid groups (broad SMARTS) is 1. The van der Waals surface area contributed by atoms with Gasteiger partial charge in [0.1, 0.15) is 5.82 Å². The number of nitrogens with zero attached hydrogens (tertiary/aromatic N) is 3. The Hall–Kier alpha value is -2.52. The first-order chi connectivity index (χ1) is 12.3. The highest BCUT2D eigenvalue weighted by atomic mass is 19.4. The van der Waals surface area contributed by atoms with E-state index in [1.165, 1.54) is 0 Å². The lowest BCUT2D eigenvalue weighted by atomic mass is 9.96. The Morgan fingerprint density at radius 2 is 2.00 bits per heavy atom. The molecule has 2 fully saturated rings. The number of alkyl halides is 3. The molecule has 2 saturated heterocycles. The molecule has 1 aromatic heterocycles. The first kappa shape index (κ1) is 18.3.